The molecule has 1 aliphatic rings. The van der Waals surface area contributed by atoms with E-state index < -0.39 is 0 Å². The number of aromatic hydroxyl groups is 1. The third-order valence-electron chi connectivity index (χ3n) is 4.35. The van der Waals surface area contributed by atoms with Crippen molar-refractivity contribution in [3.63, 3.8) is 0 Å². The molecule has 0 saturated carbocycles. The summed E-state index contributed by atoms with van der Waals surface area (Å²) in [7, 11) is 1.64. The van der Waals surface area contributed by atoms with Crippen molar-refractivity contribution in [2.45, 2.75) is 12.8 Å². The molecule has 0 aromatic heterocycles. The normalized spacial score (nSPS) is 12.8. The first-order valence-electron chi connectivity index (χ1n) is 7.19. The molecule has 2 nitrogen and oxygen atoms in total. The van der Waals surface area contributed by atoms with E-state index in [1.807, 2.05) is 18.2 Å². The van der Waals surface area contributed by atoms with Crippen LogP contribution in [0.4, 0.5) is 0 Å². The van der Waals surface area contributed by atoms with Crippen LogP contribution in [0.3, 0.4) is 0 Å². The van der Waals surface area contributed by atoms with E-state index in [0.29, 0.717) is 5.75 Å². The lowest BCUT2D eigenvalue weighted by molar-refractivity contribution is 0.415. The van der Waals surface area contributed by atoms with E-state index in [4.69, 9.17) is 4.74 Å². The fourth-order valence-electron chi connectivity index (χ4n) is 3.33. The Kier molecular flexibility index (Phi) is 2.64. The predicted molar refractivity (Wildman–Crippen MR) is 85.0 cm³/mol. The SMILES string of the molecule is COc1ccc2c3c(cc(O)c2c1)CCc1ccccc1-3. The lowest BCUT2D eigenvalue weighted by Gasteiger charge is -2.22. The van der Waals surface area contributed by atoms with E-state index >= 15 is 0 Å². The monoisotopic (exact) mass is 276 g/mol. The van der Waals surface area contributed by atoms with Gasteiger partial charge in [0.25, 0.3) is 0 Å². The molecule has 0 spiro atoms. The molecular formula is C19H16O2. The zero-order chi connectivity index (χ0) is 14.4. The topological polar surface area (TPSA) is 29.5 Å². The maximum absolute atomic E-state index is 10.3. The average molecular weight is 276 g/mol. The maximum atomic E-state index is 10.3. The summed E-state index contributed by atoms with van der Waals surface area (Å²) in [6.07, 6.45) is 2.01. The summed E-state index contributed by atoms with van der Waals surface area (Å²) >= 11 is 0. The van der Waals surface area contributed by atoms with Crippen molar-refractivity contribution in [3.05, 3.63) is 59.7 Å². The van der Waals surface area contributed by atoms with Crippen molar-refractivity contribution in [2.75, 3.05) is 7.11 Å². The standard InChI is InChI=1S/C19H16O2/c1-21-14-8-9-16-17(11-14)18(20)10-13-7-6-12-4-2-3-5-15(12)19(13)16/h2-5,8-11,20H,6-7H2,1H3. The number of phenolic OH excluding ortho intramolecular Hbond substituents is 1. The second-order valence-electron chi connectivity index (χ2n) is 5.50. The van der Waals surface area contributed by atoms with Crippen LogP contribution in [0, 0.1) is 0 Å². The Bertz CT molecular complexity index is 850. The highest BCUT2D eigenvalue weighted by atomic mass is 16.5. The Hall–Kier alpha value is -2.48. The second-order valence-corrected chi connectivity index (χ2v) is 5.50. The van der Waals surface area contributed by atoms with E-state index in [9.17, 15) is 5.11 Å². The molecular weight excluding hydrogens is 260 g/mol. The van der Waals surface area contributed by atoms with Crippen LogP contribution >= 0.6 is 0 Å². The Balaban J connectivity index is 2.10. The Morgan fingerprint density at radius 1 is 0.905 bits per heavy atom. The molecule has 0 bridgehead atoms. The summed E-state index contributed by atoms with van der Waals surface area (Å²) in [6.45, 7) is 0. The van der Waals surface area contributed by atoms with Gasteiger partial charge in [0.1, 0.15) is 11.5 Å². The van der Waals surface area contributed by atoms with Crippen molar-refractivity contribution >= 4 is 10.8 Å². The lowest BCUT2D eigenvalue weighted by atomic mass is 9.82. The van der Waals surface area contributed by atoms with Gasteiger partial charge >= 0.3 is 0 Å². The lowest BCUT2D eigenvalue weighted by Crippen LogP contribution is -2.04. The van der Waals surface area contributed by atoms with Crippen LogP contribution in [-0.4, -0.2) is 12.2 Å². The summed E-state index contributed by atoms with van der Waals surface area (Å²) < 4.78 is 5.28. The van der Waals surface area contributed by atoms with Crippen LogP contribution in [0.1, 0.15) is 11.1 Å². The first-order valence-corrected chi connectivity index (χ1v) is 7.19. The largest absolute Gasteiger partial charge is 0.507 e. The number of aryl methyl sites for hydroxylation is 2. The van der Waals surface area contributed by atoms with Gasteiger partial charge in [-0.1, -0.05) is 24.3 Å². The molecule has 0 aliphatic heterocycles. The van der Waals surface area contributed by atoms with E-state index in [1.165, 1.54) is 22.3 Å². The molecule has 3 aromatic carbocycles. The molecule has 21 heavy (non-hydrogen) atoms. The Morgan fingerprint density at radius 2 is 1.71 bits per heavy atom. The summed E-state index contributed by atoms with van der Waals surface area (Å²) in [6, 6.07) is 16.4. The fourth-order valence-corrected chi connectivity index (χ4v) is 3.33. The van der Waals surface area contributed by atoms with Gasteiger partial charge < -0.3 is 9.84 Å². The molecule has 0 unspecified atom stereocenters. The molecule has 2 heteroatoms. The zero-order valence-corrected chi connectivity index (χ0v) is 11.9. The molecule has 0 amide bonds. The molecule has 3 aromatic rings. The van der Waals surface area contributed by atoms with Crippen molar-refractivity contribution in [1.29, 1.82) is 0 Å². The third-order valence-corrected chi connectivity index (χ3v) is 4.35. The van der Waals surface area contributed by atoms with Gasteiger partial charge in [-0.25, -0.2) is 0 Å². The van der Waals surface area contributed by atoms with Gasteiger partial charge in [0.2, 0.25) is 0 Å². The summed E-state index contributed by atoms with van der Waals surface area (Å²) in [5.74, 6) is 1.10. The minimum absolute atomic E-state index is 0.335. The number of ether oxygens (including phenoxy) is 1. The highest BCUT2D eigenvalue weighted by molar-refractivity contribution is 6.03. The molecule has 104 valence electrons. The molecule has 1 aliphatic carbocycles. The van der Waals surface area contributed by atoms with Crippen LogP contribution in [0.2, 0.25) is 0 Å². The number of hydrogen-bond acceptors (Lipinski definition) is 2. The third kappa shape index (κ3) is 1.79. The highest BCUT2D eigenvalue weighted by Crippen LogP contribution is 2.42. The molecule has 1 N–H and O–H groups in total. The number of phenols is 1. The van der Waals surface area contributed by atoms with Crippen LogP contribution < -0.4 is 4.74 Å². The highest BCUT2D eigenvalue weighted by Gasteiger charge is 2.20. The van der Waals surface area contributed by atoms with E-state index in [0.717, 1.165) is 29.4 Å². The number of benzene rings is 3. The van der Waals surface area contributed by atoms with E-state index in [2.05, 4.69) is 30.3 Å². The summed E-state index contributed by atoms with van der Waals surface area (Å²) in [5, 5.41) is 12.3. The number of fused-ring (bicyclic) bond motifs is 5. The minimum Gasteiger partial charge on any atom is -0.507 e. The van der Waals surface area contributed by atoms with Gasteiger partial charge in [0, 0.05) is 5.39 Å². The molecule has 0 atom stereocenters. The van der Waals surface area contributed by atoms with E-state index in [-0.39, 0.29) is 0 Å². The molecule has 0 saturated heterocycles. The van der Waals surface area contributed by atoms with Gasteiger partial charge in [-0.3, -0.25) is 0 Å². The van der Waals surface area contributed by atoms with Crippen LogP contribution in [-0.2, 0) is 12.8 Å². The van der Waals surface area contributed by atoms with Crippen molar-refractivity contribution in [1.82, 2.24) is 0 Å². The summed E-state index contributed by atoms with van der Waals surface area (Å²) in [5.41, 5.74) is 5.15. The quantitative estimate of drug-likeness (QED) is 0.717. The van der Waals surface area contributed by atoms with E-state index in [1.54, 1.807) is 7.11 Å². The average Bonchev–Trinajstić information content (AvgIpc) is 2.54. The smallest absolute Gasteiger partial charge is 0.123 e. The fraction of sp³-hybridized carbons (Fsp3) is 0.158. The number of hydrogen-bond donors (Lipinski definition) is 1. The molecule has 0 heterocycles. The van der Waals surface area contributed by atoms with Crippen molar-refractivity contribution in [3.8, 4) is 22.6 Å². The van der Waals surface area contributed by atoms with Crippen LogP contribution in [0.25, 0.3) is 21.9 Å². The van der Waals surface area contributed by atoms with Gasteiger partial charge in [-0.15, -0.1) is 0 Å². The zero-order valence-electron chi connectivity index (χ0n) is 11.9. The maximum Gasteiger partial charge on any atom is 0.123 e. The molecule has 0 radical (unpaired) electrons. The van der Waals surface area contributed by atoms with Crippen molar-refractivity contribution in [2.24, 2.45) is 0 Å². The number of methoxy groups -OCH3 is 1. The van der Waals surface area contributed by atoms with Crippen molar-refractivity contribution < 1.29 is 9.84 Å². The van der Waals surface area contributed by atoms with Crippen LogP contribution in [0.5, 0.6) is 11.5 Å². The Morgan fingerprint density at radius 3 is 2.57 bits per heavy atom. The second kappa shape index (κ2) is 4.52. The Labute approximate surface area is 123 Å². The van der Waals surface area contributed by atoms with Gasteiger partial charge in [-0.05, 0) is 64.7 Å². The predicted octanol–water partition coefficient (Wildman–Crippen LogP) is 4.32. The van der Waals surface area contributed by atoms with Gasteiger partial charge in [0.15, 0.2) is 0 Å². The van der Waals surface area contributed by atoms with Crippen LogP contribution in [0.15, 0.2) is 48.5 Å². The molecule has 4 rings (SSSR count). The van der Waals surface area contributed by atoms with Gasteiger partial charge in [-0.2, -0.15) is 0 Å². The molecule has 0 fully saturated rings. The van der Waals surface area contributed by atoms with Gasteiger partial charge in [0.05, 0.1) is 7.11 Å². The number of rotatable bonds is 1. The minimum atomic E-state index is 0.335. The first-order chi connectivity index (χ1) is 10.3. The first kappa shape index (κ1) is 12.3. The summed E-state index contributed by atoms with van der Waals surface area (Å²) in [4.78, 5) is 0.